The van der Waals surface area contributed by atoms with Crippen LogP contribution in [0.5, 0.6) is 0 Å². The van der Waals surface area contributed by atoms with Crippen LogP contribution < -0.4 is 4.90 Å². The number of carbonyl (C=O) groups is 2. The van der Waals surface area contributed by atoms with E-state index < -0.39 is 0 Å². The summed E-state index contributed by atoms with van der Waals surface area (Å²) in [7, 11) is 0. The number of hydrogen-bond donors (Lipinski definition) is 0. The molecule has 8 heteroatoms. The van der Waals surface area contributed by atoms with Crippen LogP contribution >= 0.6 is 0 Å². The number of benzene rings is 1. The minimum atomic E-state index is -0.0179. The molecule has 1 aliphatic rings. The molecule has 3 aromatic rings. The van der Waals surface area contributed by atoms with Crippen molar-refractivity contribution in [1.82, 2.24) is 24.9 Å². The summed E-state index contributed by atoms with van der Waals surface area (Å²) in [5.41, 5.74) is 3.16. The third-order valence-electron chi connectivity index (χ3n) is 5.29. The number of piperazine rings is 1. The topological polar surface area (TPSA) is 84.2 Å². The number of amides is 1. The molecular formula is C22H24N6O2. The van der Waals surface area contributed by atoms with Crippen molar-refractivity contribution >= 4 is 17.5 Å². The molecule has 1 amide bonds. The molecule has 1 fully saturated rings. The Kier molecular flexibility index (Phi) is 5.31. The van der Waals surface area contributed by atoms with Crippen LogP contribution in [0.2, 0.25) is 0 Å². The number of hydrogen-bond acceptors (Lipinski definition) is 6. The van der Waals surface area contributed by atoms with Crippen LogP contribution in [0.15, 0.2) is 42.5 Å². The van der Waals surface area contributed by atoms with E-state index in [0.29, 0.717) is 43.1 Å². The van der Waals surface area contributed by atoms with Gasteiger partial charge in [0, 0.05) is 43.0 Å². The predicted molar refractivity (Wildman–Crippen MR) is 113 cm³/mol. The highest BCUT2D eigenvalue weighted by Gasteiger charge is 2.23. The molecule has 0 unspecified atom stereocenters. The Bertz CT molecular complexity index is 1060. The van der Waals surface area contributed by atoms with Crippen LogP contribution in [-0.4, -0.2) is 62.7 Å². The van der Waals surface area contributed by atoms with Gasteiger partial charge < -0.3 is 9.80 Å². The van der Waals surface area contributed by atoms with Crippen molar-refractivity contribution in [3.05, 3.63) is 65.0 Å². The maximum absolute atomic E-state index is 12.7. The van der Waals surface area contributed by atoms with Crippen molar-refractivity contribution in [1.29, 1.82) is 0 Å². The van der Waals surface area contributed by atoms with Crippen LogP contribution in [0.25, 0.3) is 5.82 Å². The van der Waals surface area contributed by atoms with E-state index in [-0.39, 0.29) is 11.7 Å². The highest BCUT2D eigenvalue weighted by atomic mass is 16.2. The van der Waals surface area contributed by atoms with Gasteiger partial charge in [-0.15, -0.1) is 10.2 Å². The first-order valence-electron chi connectivity index (χ1n) is 9.95. The molecule has 8 nitrogen and oxygen atoms in total. The van der Waals surface area contributed by atoms with Crippen molar-refractivity contribution in [3.8, 4) is 5.82 Å². The van der Waals surface area contributed by atoms with Gasteiger partial charge in [-0.25, -0.2) is 4.68 Å². The van der Waals surface area contributed by atoms with Crippen molar-refractivity contribution in [3.63, 3.8) is 0 Å². The molecule has 30 heavy (non-hydrogen) atoms. The number of ketones is 1. The van der Waals surface area contributed by atoms with E-state index in [0.717, 1.165) is 17.2 Å². The lowest BCUT2D eigenvalue weighted by Crippen LogP contribution is -2.49. The Morgan fingerprint density at radius 2 is 1.43 bits per heavy atom. The summed E-state index contributed by atoms with van der Waals surface area (Å²) in [5, 5.41) is 13.1. The van der Waals surface area contributed by atoms with Gasteiger partial charge in [0.25, 0.3) is 5.91 Å². The number of rotatable bonds is 4. The maximum Gasteiger partial charge on any atom is 0.253 e. The van der Waals surface area contributed by atoms with Crippen LogP contribution in [-0.2, 0) is 0 Å². The van der Waals surface area contributed by atoms with Crippen molar-refractivity contribution in [2.75, 3.05) is 31.1 Å². The maximum atomic E-state index is 12.7. The van der Waals surface area contributed by atoms with Crippen molar-refractivity contribution in [2.24, 2.45) is 0 Å². The molecule has 4 rings (SSSR count). The van der Waals surface area contributed by atoms with E-state index >= 15 is 0 Å². The van der Waals surface area contributed by atoms with Gasteiger partial charge in [-0.05, 0) is 51.1 Å². The summed E-state index contributed by atoms with van der Waals surface area (Å²) < 4.78 is 1.78. The Hall–Kier alpha value is -3.55. The molecule has 0 spiro atoms. The lowest BCUT2D eigenvalue weighted by atomic mass is 10.1. The quantitative estimate of drug-likeness (QED) is 0.621. The molecular weight excluding hydrogens is 380 g/mol. The fourth-order valence-electron chi connectivity index (χ4n) is 3.63. The number of aromatic nitrogens is 4. The zero-order valence-corrected chi connectivity index (χ0v) is 17.4. The highest BCUT2D eigenvalue weighted by molar-refractivity contribution is 5.97. The molecule has 1 aliphatic heterocycles. The second-order valence-corrected chi connectivity index (χ2v) is 7.50. The van der Waals surface area contributed by atoms with Crippen molar-refractivity contribution < 1.29 is 9.59 Å². The first-order valence-corrected chi connectivity index (χ1v) is 9.95. The summed E-state index contributed by atoms with van der Waals surface area (Å²) in [6, 6.07) is 12.7. The smallest absolute Gasteiger partial charge is 0.253 e. The fraction of sp³-hybridized carbons (Fsp3) is 0.318. The van der Waals surface area contributed by atoms with Crippen molar-refractivity contribution in [2.45, 2.75) is 20.8 Å². The Balaban J connectivity index is 1.39. The average molecular weight is 404 g/mol. The van der Waals surface area contributed by atoms with Crippen LogP contribution in [0.1, 0.15) is 39.0 Å². The largest absolute Gasteiger partial charge is 0.352 e. The Morgan fingerprint density at radius 1 is 0.833 bits per heavy atom. The van der Waals surface area contributed by atoms with Crippen LogP contribution in [0.3, 0.4) is 0 Å². The summed E-state index contributed by atoms with van der Waals surface area (Å²) in [5.74, 6) is 1.45. The zero-order valence-electron chi connectivity index (χ0n) is 17.4. The summed E-state index contributed by atoms with van der Waals surface area (Å²) in [4.78, 5) is 28.1. The second kappa shape index (κ2) is 8.06. The van der Waals surface area contributed by atoms with Crippen LogP contribution in [0.4, 0.5) is 5.82 Å². The van der Waals surface area contributed by atoms with E-state index in [2.05, 4.69) is 20.2 Å². The van der Waals surface area contributed by atoms with Gasteiger partial charge in [0.15, 0.2) is 17.4 Å². The van der Waals surface area contributed by atoms with Gasteiger partial charge >= 0.3 is 0 Å². The number of carbonyl (C=O) groups excluding carboxylic acids is 2. The second-order valence-electron chi connectivity index (χ2n) is 7.50. The van der Waals surface area contributed by atoms with Gasteiger partial charge in [0.1, 0.15) is 0 Å². The monoisotopic (exact) mass is 404 g/mol. The van der Waals surface area contributed by atoms with E-state index in [1.54, 1.807) is 28.9 Å². The summed E-state index contributed by atoms with van der Waals surface area (Å²) >= 11 is 0. The van der Waals surface area contributed by atoms with Gasteiger partial charge in [0.2, 0.25) is 0 Å². The number of Topliss-reactive ketones (excluding diaryl/α,β-unsaturated/α-hetero) is 1. The normalized spacial score (nSPS) is 14.1. The molecule has 1 saturated heterocycles. The van der Waals surface area contributed by atoms with Gasteiger partial charge in [0.05, 0.1) is 5.69 Å². The minimum Gasteiger partial charge on any atom is -0.352 e. The van der Waals surface area contributed by atoms with E-state index in [1.165, 1.54) is 6.92 Å². The first kappa shape index (κ1) is 19.8. The SMILES string of the molecule is CC(=O)c1ccc(C(=O)N2CCN(c3ccc(-n4nc(C)cc4C)nn3)CC2)cc1. The lowest BCUT2D eigenvalue weighted by molar-refractivity contribution is 0.0746. The van der Waals surface area contributed by atoms with E-state index in [4.69, 9.17) is 0 Å². The summed E-state index contributed by atoms with van der Waals surface area (Å²) in [6.45, 7) is 8.03. The molecule has 0 bridgehead atoms. The molecule has 3 heterocycles. The Morgan fingerprint density at radius 3 is 1.97 bits per heavy atom. The number of anilines is 1. The highest BCUT2D eigenvalue weighted by Crippen LogP contribution is 2.17. The predicted octanol–water partition coefficient (Wildman–Crippen LogP) is 2.44. The number of nitrogens with zero attached hydrogens (tertiary/aromatic N) is 6. The molecule has 0 N–H and O–H groups in total. The van der Waals surface area contributed by atoms with Gasteiger partial charge in [-0.2, -0.15) is 5.10 Å². The third-order valence-corrected chi connectivity index (χ3v) is 5.29. The van der Waals surface area contributed by atoms with E-state index in [1.807, 2.05) is 36.9 Å². The molecule has 0 radical (unpaired) electrons. The van der Waals surface area contributed by atoms with Gasteiger partial charge in [-0.1, -0.05) is 12.1 Å². The number of aryl methyl sites for hydroxylation is 2. The molecule has 2 aromatic heterocycles. The van der Waals surface area contributed by atoms with Gasteiger partial charge in [-0.3, -0.25) is 9.59 Å². The molecule has 0 aliphatic carbocycles. The first-order chi connectivity index (χ1) is 14.4. The summed E-state index contributed by atoms with van der Waals surface area (Å²) in [6.07, 6.45) is 0. The average Bonchev–Trinajstić information content (AvgIpc) is 3.11. The molecule has 154 valence electrons. The Labute approximate surface area is 175 Å². The molecule has 1 aromatic carbocycles. The zero-order chi connectivity index (χ0) is 21.3. The lowest BCUT2D eigenvalue weighted by Gasteiger charge is -2.35. The minimum absolute atomic E-state index is 0.00686. The fourth-order valence-corrected chi connectivity index (χ4v) is 3.63. The molecule has 0 saturated carbocycles. The third kappa shape index (κ3) is 3.94. The molecule has 0 atom stereocenters. The van der Waals surface area contributed by atoms with Crippen LogP contribution in [0, 0.1) is 13.8 Å². The van der Waals surface area contributed by atoms with E-state index in [9.17, 15) is 9.59 Å². The standard InChI is InChI=1S/C22H24N6O2/c1-15-14-16(2)28(25-15)21-9-8-20(23-24-21)26-10-12-27(13-11-26)22(30)19-6-4-18(5-7-19)17(3)29/h4-9,14H,10-13H2,1-3H3.